The second-order valence-corrected chi connectivity index (χ2v) is 9.89. The van der Waals surface area contributed by atoms with Gasteiger partial charge in [0, 0.05) is 50.8 Å². The monoisotopic (exact) mass is 471 g/mol. The van der Waals surface area contributed by atoms with E-state index in [1.54, 1.807) is 22.7 Å². The van der Waals surface area contributed by atoms with E-state index in [0.717, 1.165) is 12.0 Å². The number of imidazole rings is 1. The third-order valence-electron chi connectivity index (χ3n) is 7.44. The summed E-state index contributed by atoms with van der Waals surface area (Å²) in [6.07, 6.45) is 3.35. The van der Waals surface area contributed by atoms with Crippen LogP contribution in [0.5, 0.6) is 0 Å². The molecular weight excluding hydrogens is 438 g/mol. The Morgan fingerprint density at radius 3 is 2.20 bits per heavy atom. The highest BCUT2D eigenvalue weighted by molar-refractivity contribution is 5.96. The number of hydrogen-bond donors (Lipinski definition) is 1. The highest BCUT2D eigenvalue weighted by Crippen LogP contribution is 2.35. The summed E-state index contributed by atoms with van der Waals surface area (Å²) in [5, 5.41) is 0. The highest BCUT2D eigenvalue weighted by Gasteiger charge is 2.44. The molecule has 2 aliphatic heterocycles. The maximum Gasteiger partial charge on any atom is 0.290 e. The van der Waals surface area contributed by atoms with E-state index in [4.69, 9.17) is 5.73 Å². The summed E-state index contributed by atoms with van der Waals surface area (Å²) in [6, 6.07) is 19.8. The number of hydrogen-bond acceptors (Lipinski definition) is 4. The van der Waals surface area contributed by atoms with Gasteiger partial charge in [0.05, 0.1) is 5.69 Å². The van der Waals surface area contributed by atoms with Crippen molar-refractivity contribution in [2.75, 3.05) is 19.6 Å². The third-order valence-corrected chi connectivity index (χ3v) is 7.44. The van der Waals surface area contributed by atoms with Crippen LogP contribution in [0, 0.1) is 0 Å². The van der Waals surface area contributed by atoms with Gasteiger partial charge in [-0.2, -0.15) is 0 Å². The van der Waals surface area contributed by atoms with Gasteiger partial charge in [0.15, 0.2) is 5.82 Å². The number of benzene rings is 2. The number of amides is 2. The number of aryl methyl sites for hydroxylation is 1. The van der Waals surface area contributed by atoms with E-state index in [-0.39, 0.29) is 23.8 Å². The molecule has 35 heavy (non-hydrogen) atoms. The van der Waals surface area contributed by atoms with Gasteiger partial charge in [-0.1, -0.05) is 60.7 Å². The molecule has 3 heterocycles. The zero-order valence-corrected chi connectivity index (χ0v) is 20.4. The van der Waals surface area contributed by atoms with E-state index in [0.29, 0.717) is 43.5 Å². The first-order chi connectivity index (χ1) is 16.9. The quantitative estimate of drug-likeness (QED) is 0.618. The molecule has 2 N–H and O–H groups in total. The van der Waals surface area contributed by atoms with Crippen LogP contribution in [0.1, 0.15) is 65.1 Å². The smallest absolute Gasteiger partial charge is 0.290 e. The maximum absolute atomic E-state index is 13.8. The van der Waals surface area contributed by atoms with Crippen molar-refractivity contribution >= 4 is 11.8 Å². The lowest BCUT2D eigenvalue weighted by molar-refractivity contribution is -0.134. The minimum absolute atomic E-state index is 0.0387. The van der Waals surface area contributed by atoms with Crippen LogP contribution in [0.4, 0.5) is 0 Å². The lowest BCUT2D eigenvalue weighted by Crippen LogP contribution is -2.47. The molecule has 0 spiro atoms. The molecule has 1 aromatic heterocycles. The van der Waals surface area contributed by atoms with E-state index in [1.165, 1.54) is 5.56 Å². The Morgan fingerprint density at radius 1 is 0.971 bits per heavy atom. The van der Waals surface area contributed by atoms with Crippen LogP contribution in [0.15, 0.2) is 66.9 Å². The predicted molar refractivity (Wildman–Crippen MR) is 135 cm³/mol. The Bertz CT molecular complexity index is 1190. The van der Waals surface area contributed by atoms with Crippen molar-refractivity contribution in [2.45, 2.75) is 43.7 Å². The molecule has 0 bridgehead atoms. The standard InChI is InChI=1S/C28H33N5O2/c1-19(29)24-18-31(2)26(30-24)28(35)33-17-23(21-11-7-4-8-12-21)15-25(33)27(34)32-14-13-22(16-32)20-9-5-3-6-10-20/h3-12,18-19,22-23,25H,13-17,29H2,1-2H3/t19-,22-,23-,25-/m0/s1. The fraction of sp³-hybridized carbons (Fsp3) is 0.393. The first-order valence-electron chi connectivity index (χ1n) is 12.4. The van der Waals surface area contributed by atoms with E-state index in [9.17, 15) is 9.59 Å². The normalized spacial score (nSPS) is 23.0. The molecule has 2 fully saturated rings. The third kappa shape index (κ3) is 4.60. The van der Waals surface area contributed by atoms with Crippen LogP contribution in [-0.2, 0) is 11.8 Å². The fourth-order valence-corrected chi connectivity index (χ4v) is 5.47. The minimum Gasteiger partial charge on any atom is -0.340 e. The maximum atomic E-state index is 13.8. The highest BCUT2D eigenvalue weighted by atomic mass is 16.2. The zero-order valence-electron chi connectivity index (χ0n) is 20.4. The number of likely N-dealkylation sites (tertiary alicyclic amines) is 2. The van der Waals surface area contributed by atoms with Crippen LogP contribution in [0.25, 0.3) is 0 Å². The van der Waals surface area contributed by atoms with E-state index in [1.807, 2.05) is 48.2 Å². The van der Waals surface area contributed by atoms with Crippen LogP contribution in [0.2, 0.25) is 0 Å². The number of carbonyl (C=O) groups is 2. The van der Waals surface area contributed by atoms with Crippen molar-refractivity contribution in [1.82, 2.24) is 19.4 Å². The summed E-state index contributed by atoms with van der Waals surface area (Å²) >= 11 is 0. The Balaban J connectivity index is 1.40. The summed E-state index contributed by atoms with van der Waals surface area (Å²) in [7, 11) is 1.80. The number of carbonyl (C=O) groups excluding carboxylic acids is 2. The van der Waals surface area contributed by atoms with E-state index in [2.05, 4.69) is 29.2 Å². The summed E-state index contributed by atoms with van der Waals surface area (Å²) in [5.74, 6) is 0.591. The molecule has 0 saturated carbocycles. The second-order valence-electron chi connectivity index (χ2n) is 9.89. The molecule has 3 aromatic rings. The van der Waals surface area contributed by atoms with Gasteiger partial charge < -0.3 is 20.1 Å². The number of rotatable bonds is 5. The van der Waals surface area contributed by atoms with Crippen LogP contribution in [-0.4, -0.2) is 56.8 Å². The van der Waals surface area contributed by atoms with Crippen molar-refractivity contribution in [3.8, 4) is 0 Å². The predicted octanol–water partition coefficient (Wildman–Crippen LogP) is 3.45. The number of nitrogens with two attached hydrogens (primary N) is 1. The molecular formula is C28H33N5O2. The molecule has 7 heteroatoms. The van der Waals surface area contributed by atoms with Crippen molar-refractivity contribution in [1.29, 1.82) is 0 Å². The Labute approximate surface area is 206 Å². The first kappa shape index (κ1) is 23.3. The molecule has 5 rings (SSSR count). The van der Waals surface area contributed by atoms with Gasteiger partial charge in [0.1, 0.15) is 6.04 Å². The van der Waals surface area contributed by atoms with Gasteiger partial charge in [-0.15, -0.1) is 0 Å². The second kappa shape index (κ2) is 9.66. The molecule has 2 aromatic carbocycles. The lowest BCUT2D eigenvalue weighted by Gasteiger charge is -2.27. The molecule has 0 radical (unpaired) electrons. The summed E-state index contributed by atoms with van der Waals surface area (Å²) in [6.45, 7) is 3.75. The lowest BCUT2D eigenvalue weighted by atomic mass is 9.96. The topological polar surface area (TPSA) is 84.5 Å². The van der Waals surface area contributed by atoms with Crippen LogP contribution in [0.3, 0.4) is 0 Å². The van der Waals surface area contributed by atoms with Gasteiger partial charge in [-0.25, -0.2) is 4.98 Å². The first-order valence-corrected chi connectivity index (χ1v) is 12.4. The minimum atomic E-state index is -0.502. The Hall–Kier alpha value is -3.45. The average Bonchev–Trinajstić information content (AvgIpc) is 3.63. The van der Waals surface area contributed by atoms with Gasteiger partial charge >= 0.3 is 0 Å². The van der Waals surface area contributed by atoms with Crippen molar-refractivity contribution < 1.29 is 9.59 Å². The molecule has 4 atom stereocenters. The van der Waals surface area contributed by atoms with E-state index < -0.39 is 6.04 Å². The summed E-state index contributed by atoms with van der Waals surface area (Å²) < 4.78 is 1.72. The number of aromatic nitrogens is 2. The molecule has 2 amide bonds. The van der Waals surface area contributed by atoms with Crippen LogP contribution < -0.4 is 5.73 Å². The largest absolute Gasteiger partial charge is 0.340 e. The zero-order chi connectivity index (χ0) is 24.5. The van der Waals surface area contributed by atoms with Crippen molar-refractivity contribution in [2.24, 2.45) is 12.8 Å². The van der Waals surface area contributed by atoms with Crippen LogP contribution >= 0.6 is 0 Å². The Kier molecular flexibility index (Phi) is 6.43. The van der Waals surface area contributed by atoms with Gasteiger partial charge in [-0.05, 0) is 30.9 Å². The Morgan fingerprint density at radius 2 is 1.60 bits per heavy atom. The van der Waals surface area contributed by atoms with Gasteiger partial charge in [-0.3, -0.25) is 9.59 Å². The molecule has 2 aliphatic rings. The van der Waals surface area contributed by atoms with Gasteiger partial charge in [0.2, 0.25) is 5.91 Å². The molecule has 0 aliphatic carbocycles. The summed E-state index contributed by atoms with van der Waals surface area (Å²) in [4.78, 5) is 35.8. The van der Waals surface area contributed by atoms with Crippen molar-refractivity contribution in [3.63, 3.8) is 0 Å². The number of nitrogens with zero attached hydrogens (tertiary/aromatic N) is 4. The molecule has 2 saturated heterocycles. The van der Waals surface area contributed by atoms with E-state index >= 15 is 0 Å². The average molecular weight is 472 g/mol. The van der Waals surface area contributed by atoms with Crippen molar-refractivity contribution in [3.05, 3.63) is 89.5 Å². The SMILES string of the molecule is C[C@H](N)c1cn(C)c(C(=O)N2C[C@@H](c3ccccc3)C[C@H]2C(=O)N2CC[C@H](c3ccccc3)C2)n1. The van der Waals surface area contributed by atoms with Gasteiger partial charge in [0.25, 0.3) is 5.91 Å². The molecule has 7 nitrogen and oxygen atoms in total. The summed E-state index contributed by atoms with van der Waals surface area (Å²) in [5.41, 5.74) is 9.09. The molecule has 182 valence electrons. The fourth-order valence-electron chi connectivity index (χ4n) is 5.47. The molecule has 0 unspecified atom stereocenters.